The third-order valence-electron chi connectivity index (χ3n) is 3.67. The summed E-state index contributed by atoms with van der Waals surface area (Å²) in [6.07, 6.45) is 1.82. The summed E-state index contributed by atoms with van der Waals surface area (Å²) in [4.78, 5) is 25.1. The van der Waals surface area contributed by atoms with Gasteiger partial charge in [-0.3, -0.25) is 4.79 Å². The Bertz CT molecular complexity index is 577. The molecule has 0 radical (unpaired) electrons. The van der Waals surface area contributed by atoms with E-state index in [1.54, 1.807) is 20.8 Å². The first-order valence-electron chi connectivity index (χ1n) is 7.95. The molecule has 5 heteroatoms. The zero-order valence-electron chi connectivity index (χ0n) is 14.3. The van der Waals surface area contributed by atoms with Crippen LogP contribution in [0.5, 0.6) is 0 Å². The van der Waals surface area contributed by atoms with Crippen molar-refractivity contribution in [3.63, 3.8) is 0 Å². The number of nitrogens with zero attached hydrogens (tertiary/aromatic N) is 1. The van der Waals surface area contributed by atoms with Crippen LogP contribution < -0.4 is 0 Å². The Morgan fingerprint density at radius 2 is 1.87 bits per heavy atom. The molecule has 5 nitrogen and oxygen atoms in total. The fraction of sp³-hybridized carbons (Fsp3) is 0.556. The van der Waals surface area contributed by atoms with Crippen LogP contribution in [0.4, 0.5) is 4.79 Å². The van der Waals surface area contributed by atoms with Crippen molar-refractivity contribution < 1.29 is 19.1 Å². The average Bonchev–Trinajstić information content (AvgIpc) is 2.45. The Labute approximate surface area is 137 Å². The second kappa shape index (κ2) is 7.02. The van der Waals surface area contributed by atoms with Crippen LogP contribution in [0.3, 0.4) is 0 Å². The number of aryl methyl sites for hydroxylation is 1. The number of esters is 1. The van der Waals surface area contributed by atoms with Crippen LogP contribution in [0.1, 0.15) is 38.3 Å². The number of likely N-dealkylation sites (N-methyl/N-ethyl adjacent to an activating group) is 1. The molecule has 0 aromatic heterocycles. The van der Waals surface area contributed by atoms with Crippen molar-refractivity contribution in [2.75, 3.05) is 13.6 Å². The average molecular weight is 319 g/mol. The monoisotopic (exact) mass is 319 g/mol. The zero-order valence-corrected chi connectivity index (χ0v) is 14.3. The van der Waals surface area contributed by atoms with Crippen molar-refractivity contribution in [2.45, 2.75) is 51.7 Å². The first kappa shape index (κ1) is 17.3. The predicted octanol–water partition coefficient (Wildman–Crippen LogP) is 2.95. The Balaban J connectivity index is 1.83. The molecule has 126 valence electrons. The molecule has 1 aliphatic rings. The van der Waals surface area contributed by atoms with Gasteiger partial charge in [0.25, 0.3) is 0 Å². The van der Waals surface area contributed by atoms with Gasteiger partial charge < -0.3 is 14.4 Å². The molecule has 0 N–H and O–H groups in total. The van der Waals surface area contributed by atoms with Gasteiger partial charge in [0.2, 0.25) is 0 Å². The summed E-state index contributed by atoms with van der Waals surface area (Å²) in [7, 11) is 1.53. The minimum absolute atomic E-state index is 0.104. The van der Waals surface area contributed by atoms with E-state index in [9.17, 15) is 9.59 Å². The lowest BCUT2D eigenvalue weighted by atomic mass is 9.90. The summed E-state index contributed by atoms with van der Waals surface area (Å²) < 4.78 is 10.7. The van der Waals surface area contributed by atoms with Gasteiger partial charge in [-0.05, 0) is 44.7 Å². The Morgan fingerprint density at radius 1 is 1.22 bits per heavy atom. The van der Waals surface area contributed by atoms with Gasteiger partial charge >= 0.3 is 12.1 Å². The standard InChI is InChI=1S/C18H25NO4/c1-18(2,3)23-17(21)19(4)12-16(20)22-15-10-9-13-7-5-6-8-14(13)11-15/h5-8,15H,9-12H2,1-4H3. The molecular weight excluding hydrogens is 294 g/mol. The highest BCUT2D eigenvalue weighted by Gasteiger charge is 2.25. The van der Waals surface area contributed by atoms with Gasteiger partial charge in [-0.15, -0.1) is 0 Å². The van der Waals surface area contributed by atoms with Crippen LogP contribution in [-0.4, -0.2) is 42.3 Å². The van der Waals surface area contributed by atoms with Crippen molar-refractivity contribution in [3.05, 3.63) is 35.4 Å². The number of hydrogen-bond donors (Lipinski definition) is 0. The first-order chi connectivity index (χ1) is 10.7. The minimum atomic E-state index is -0.581. The topological polar surface area (TPSA) is 55.8 Å². The highest BCUT2D eigenvalue weighted by atomic mass is 16.6. The predicted molar refractivity (Wildman–Crippen MR) is 87.2 cm³/mol. The molecular formula is C18H25NO4. The maximum Gasteiger partial charge on any atom is 0.410 e. The summed E-state index contributed by atoms with van der Waals surface area (Å²) in [6.45, 7) is 5.26. The molecule has 2 rings (SSSR count). The van der Waals surface area contributed by atoms with Gasteiger partial charge in [-0.2, -0.15) is 0 Å². The molecule has 0 aliphatic heterocycles. The van der Waals surface area contributed by atoms with Crippen molar-refractivity contribution >= 4 is 12.1 Å². The van der Waals surface area contributed by atoms with Gasteiger partial charge in [0.15, 0.2) is 0 Å². The molecule has 0 heterocycles. The van der Waals surface area contributed by atoms with E-state index in [4.69, 9.17) is 9.47 Å². The summed E-state index contributed by atoms with van der Waals surface area (Å²) in [5, 5.41) is 0. The second-order valence-corrected chi connectivity index (χ2v) is 6.96. The molecule has 1 aromatic rings. The lowest BCUT2D eigenvalue weighted by Crippen LogP contribution is -2.39. The van der Waals surface area contributed by atoms with Gasteiger partial charge in [0, 0.05) is 13.5 Å². The quantitative estimate of drug-likeness (QED) is 0.804. The van der Waals surface area contributed by atoms with E-state index in [-0.39, 0.29) is 12.6 Å². The number of amides is 1. The molecule has 0 bridgehead atoms. The normalized spacial score (nSPS) is 17.1. The van der Waals surface area contributed by atoms with Crippen LogP contribution >= 0.6 is 0 Å². The lowest BCUT2D eigenvalue weighted by Gasteiger charge is -2.27. The number of ether oxygens (including phenoxy) is 2. The lowest BCUT2D eigenvalue weighted by molar-refractivity contribution is -0.150. The number of carbonyl (C=O) groups is 2. The maximum atomic E-state index is 12.0. The molecule has 23 heavy (non-hydrogen) atoms. The van der Waals surface area contributed by atoms with E-state index in [0.717, 1.165) is 19.3 Å². The summed E-state index contributed by atoms with van der Waals surface area (Å²) in [5.41, 5.74) is 1.98. The zero-order chi connectivity index (χ0) is 17.0. The third-order valence-corrected chi connectivity index (χ3v) is 3.67. The molecule has 1 aliphatic carbocycles. The van der Waals surface area contributed by atoms with E-state index >= 15 is 0 Å². The second-order valence-electron chi connectivity index (χ2n) is 6.96. The summed E-state index contributed by atoms with van der Waals surface area (Å²) in [6, 6.07) is 8.21. The summed E-state index contributed by atoms with van der Waals surface area (Å²) in [5.74, 6) is -0.400. The van der Waals surface area contributed by atoms with Crippen LogP contribution in [0.25, 0.3) is 0 Å². The SMILES string of the molecule is CN(CC(=O)OC1CCc2ccccc2C1)C(=O)OC(C)(C)C. The largest absolute Gasteiger partial charge is 0.461 e. The van der Waals surface area contributed by atoms with E-state index in [1.807, 2.05) is 12.1 Å². The minimum Gasteiger partial charge on any atom is -0.461 e. The molecule has 0 spiro atoms. The molecule has 0 saturated heterocycles. The molecule has 0 fully saturated rings. The van der Waals surface area contributed by atoms with E-state index in [1.165, 1.54) is 23.1 Å². The molecule has 1 unspecified atom stereocenters. The number of hydrogen-bond acceptors (Lipinski definition) is 4. The Kier molecular flexibility index (Phi) is 5.29. The highest BCUT2D eigenvalue weighted by Crippen LogP contribution is 2.23. The van der Waals surface area contributed by atoms with Crippen LogP contribution in [-0.2, 0) is 27.1 Å². The Hall–Kier alpha value is -2.04. The number of carbonyl (C=O) groups excluding carboxylic acids is 2. The van der Waals surface area contributed by atoms with Gasteiger partial charge in [0.05, 0.1) is 0 Å². The van der Waals surface area contributed by atoms with Crippen molar-refractivity contribution in [3.8, 4) is 0 Å². The van der Waals surface area contributed by atoms with Gasteiger partial charge in [-0.1, -0.05) is 24.3 Å². The van der Waals surface area contributed by atoms with Gasteiger partial charge in [-0.25, -0.2) is 4.79 Å². The number of benzene rings is 1. The maximum absolute atomic E-state index is 12.0. The smallest absolute Gasteiger partial charge is 0.410 e. The van der Waals surface area contributed by atoms with Crippen LogP contribution in [0.2, 0.25) is 0 Å². The van der Waals surface area contributed by atoms with Crippen LogP contribution in [0, 0.1) is 0 Å². The van der Waals surface area contributed by atoms with E-state index in [0.29, 0.717) is 0 Å². The number of fused-ring (bicyclic) bond motifs is 1. The Morgan fingerprint density at radius 3 is 2.52 bits per heavy atom. The molecule has 1 aromatic carbocycles. The third kappa shape index (κ3) is 5.27. The highest BCUT2D eigenvalue weighted by molar-refractivity contribution is 5.78. The fourth-order valence-corrected chi connectivity index (χ4v) is 2.59. The first-order valence-corrected chi connectivity index (χ1v) is 7.95. The molecule has 1 amide bonds. The fourth-order valence-electron chi connectivity index (χ4n) is 2.59. The van der Waals surface area contributed by atoms with Crippen molar-refractivity contribution in [1.29, 1.82) is 0 Å². The van der Waals surface area contributed by atoms with E-state index in [2.05, 4.69) is 12.1 Å². The molecule has 0 saturated carbocycles. The van der Waals surface area contributed by atoms with Crippen molar-refractivity contribution in [2.24, 2.45) is 0 Å². The van der Waals surface area contributed by atoms with Crippen LogP contribution in [0.15, 0.2) is 24.3 Å². The van der Waals surface area contributed by atoms with Gasteiger partial charge in [0.1, 0.15) is 18.2 Å². The number of rotatable bonds is 3. The summed E-state index contributed by atoms with van der Waals surface area (Å²) >= 11 is 0. The van der Waals surface area contributed by atoms with E-state index < -0.39 is 17.7 Å². The molecule has 1 atom stereocenters. The van der Waals surface area contributed by atoms with Crippen molar-refractivity contribution in [1.82, 2.24) is 4.90 Å².